The molecule has 2 aromatic carbocycles. The van der Waals surface area contributed by atoms with Crippen LogP contribution in [0.15, 0.2) is 55.2 Å². The minimum absolute atomic E-state index is 0.106. The minimum atomic E-state index is -0.106. The summed E-state index contributed by atoms with van der Waals surface area (Å²) in [7, 11) is 3.49. The summed E-state index contributed by atoms with van der Waals surface area (Å²) in [5, 5.41) is 2.59. The predicted molar refractivity (Wildman–Crippen MR) is 153 cm³/mol. The third kappa shape index (κ3) is 5.89. The molecular weight excluding hydrogens is 474 g/mol. The van der Waals surface area contributed by atoms with Gasteiger partial charge in [0.05, 0.1) is 6.20 Å². The van der Waals surface area contributed by atoms with E-state index in [1.54, 1.807) is 13.2 Å². The second-order valence-corrected chi connectivity index (χ2v) is 10.1. The summed E-state index contributed by atoms with van der Waals surface area (Å²) in [6.45, 7) is 11.8. The van der Waals surface area contributed by atoms with Crippen molar-refractivity contribution in [3.05, 3.63) is 77.5 Å². The molecule has 0 fully saturated rings. The van der Waals surface area contributed by atoms with Crippen molar-refractivity contribution in [2.45, 2.75) is 52.7 Å². The Morgan fingerprint density at radius 3 is 2.50 bits per heavy atom. The number of benzene rings is 2. The maximum atomic E-state index is 11.7. The van der Waals surface area contributed by atoms with E-state index in [1.807, 2.05) is 11.6 Å². The zero-order chi connectivity index (χ0) is 27.2. The van der Waals surface area contributed by atoms with Gasteiger partial charge < -0.3 is 9.88 Å². The zero-order valence-corrected chi connectivity index (χ0v) is 23.0. The van der Waals surface area contributed by atoms with Crippen LogP contribution in [0.1, 0.15) is 55.4 Å². The number of anilines is 1. The van der Waals surface area contributed by atoms with Crippen LogP contribution in [0.2, 0.25) is 0 Å². The summed E-state index contributed by atoms with van der Waals surface area (Å²) in [6, 6.07) is 15.4. The number of carbonyl (C=O) groups excluding carboxylic acids is 2. The number of hydrogen-bond donors (Lipinski definition) is 1. The minimum Gasteiger partial charge on any atom is -0.359 e. The van der Waals surface area contributed by atoms with Crippen LogP contribution in [0.5, 0.6) is 0 Å². The van der Waals surface area contributed by atoms with Gasteiger partial charge in [-0.1, -0.05) is 56.8 Å². The molecule has 0 bridgehead atoms. The molecule has 2 heterocycles. The van der Waals surface area contributed by atoms with Crippen molar-refractivity contribution < 1.29 is 9.59 Å². The van der Waals surface area contributed by atoms with E-state index >= 15 is 0 Å². The average molecular weight is 514 g/mol. The van der Waals surface area contributed by atoms with Gasteiger partial charge in [0.1, 0.15) is 11.6 Å². The molecule has 0 saturated carbocycles. The van der Waals surface area contributed by atoms with Crippen LogP contribution < -0.4 is 10.2 Å². The molecule has 200 valence electrons. The van der Waals surface area contributed by atoms with Crippen LogP contribution in [0.4, 0.5) is 5.82 Å². The fraction of sp³-hybridized carbons (Fsp3) is 0.387. The van der Waals surface area contributed by atoms with Crippen molar-refractivity contribution in [3.8, 4) is 11.4 Å². The molecule has 7 nitrogen and oxygen atoms in total. The first-order valence-corrected chi connectivity index (χ1v) is 13.4. The summed E-state index contributed by atoms with van der Waals surface area (Å²) < 4.78 is 1.91. The largest absolute Gasteiger partial charge is 0.359 e. The van der Waals surface area contributed by atoms with Crippen LogP contribution in [0, 0.1) is 5.92 Å². The lowest BCUT2D eigenvalue weighted by molar-refractivity contribution is -0.120. The number of carbonyl (C=O) groups is 2. The number of hydrogen-bond acceptors (Lipinski definition) is 4. The summed E-state index contributed by atoms with van der Waals surface area (Å²) in [6.07, 6.45) is 4.92. The van der Waals surface area contributed by atoms with Gasteiger partial charge in [-0.2, -0.15) is 0 Å². The monoisotopic (exact) mass is 513 g/mol. The maximum Gasteiger partial charge on any atom is 0.221 e. The second kappa shape index (κ2) is 12.2. The maximum absolute atomic E-state index is 11.7. The van der Waals surface area contributed by atoms with Gasteiger partial charge in [-0.3, -0.25) is 19.4 Å². The molecule has 3 aromatic rings. The van der Waals surface area contributed by atoms with Crippen molar-refractivity contribution in [3.63, 3.8) is 0 Å². The lowest BCUT2D eigenvalue weighted by Crippen LogP contribution is -2.29. The zero-order valence-electron chi connectivity index (χ0n) is 23.0. The summed E-state index contributed by atoms with van der Waals surface area (Å²) >= 11 is 0. The molecule has 0 atom stereocenters. The Bertz CT molecular complexity index is 1290. The molecule has 0 spiro atoms. The molecule has 1 N–H and O–H groups in total. The van der Waals surface area contributed by atoms with E-state index in [4.69, 9.17) is 0 Å². The van der Waals surface area contributed by atoms with Crippen molar-refractivity contribution in [2.75, 3.05) is 18.5 Å². The highest BCUT2D eigenvalue weighted by Crippen LogP contribution is 2.31. The topological polar surface area (TPSA) is 70.5 Å². The van der Waals surface area contributed by atoms with E-state index in [1.165, 1.54) is 32.7 Å². The Balaban J connectivity index is 1.43. The van der Waals surface area contributed by atoms with Crippen molar-refractivity contribution in [1.82, 2.24) is 19.8 Å². The molecule has 0 unspecified atom stereocenters. The fourth-order valence-electron chi connectivity index (χ4n) is 5.32. The Morgan fingerprint density at radius 2 is 1.84 bits per heavy atom. The number of allylic oxidation sites excluding steroid dienone is 1. The normalized spacial score (nSPS) is 13.0. The first kappa shape index (κ1) is 27.3. The van der Waals surface area contributed by atoms with Gasteiger partial charge in [0.25, 0.3) is 0 Å². The van der Waals surface area contributed by atoms with Gasteiger partial charge in [-0.25, -0.2) is 4.98 Å². The molecule has 1 aliphatic heterocycles. The average Bonchev–Trinajstić information content (AvgIpc) is 3.52. The molecule has 1 aromatic heterocycles. The van der Waals surface area contributed by atoms with E-state index in [2.05, 4.69) is 78.1 Å². The molecule has 1 aliphatic rings. The highest BCUT2D eigenvalue weighted by Gasteiger charge is 2.22. The summed E-state index contributed by atoms with van der Waals surface area (Å²) in [5.74, 6) is 1.89. The van der Waals surface area contributed by atoms with Crippen molar-refractivity contribution in [1.29, 1.82) is 0 Å². The standard InChI is InChI=1S/C31H39N5O2/c1-6-24(7-2)22(3)25-10-8-23(9-11-25)18-35-19-27-13-12-26(16-28(27)20-35)31-33-17-30(34(31)5)36(21-37)15-14-29(38)32-4/h8-13,16-17,21,24H,3,6-7,14-15,18-20H2,1-2,4-5H3,(H,32,38). The predicted octanol–water partition coefficient (Wildman–Crippen LogP) is 5.15. The number of amides is 2. The van der Waals surface area contributed by atoms with Gasteiger partial charge in [0.15, 0.2) is 0 Å². The van der Waals surface area contributed by atoms with Crippen LogP contribution in [0.3, 0.4) is 0 Å². The highest BCUT2D eigenvalue weighted by atomic mass is 16.2. The van der Waals surface area contributed by atoms with Gasteiger partial charge in [-0.15, -0.1) is 0 Å². The van der Waals surface area contributed by atoms with Gasteiger partial charge in [-0.05, 0) is 52.7 Å². The van der Waals surface area contributed by atoms with Gasteiger partial charge in [0.2, 0.25) is 12.3 Å². The van der Waals surface area contributed by atoms with Crippen LogP contribution in [-0.2, 0) is 36.3 Å². The second-order valence-electron chi connectivity index (χ2n) is 10.1. The van der Waals surface area contributed by atoms with Crippen LogP contribution in [0.25, 0.3) is 17.0 Å². The van der Waals surface area contributed by atoms with E-state index in [0.29, 0.717) is 18.3 Å². The van der Waals surface area contributed by atoms with E-state index in [-0.39, 0.29) is 12.3 Å². The van der Waals surface area contributed by atoms with E-state index in [9.17, 15) is 9.59 Å². The number of rotatable bonds is 12. The van der Waals surface area contributed by atoms with Crippen molar-refractivity contribution >= 4 is 23.7 Å². The first-order chi connectivity index (χ1) is 18.4. The first-order valence-electron chi connectivity index (χ1n) is 13.4. The molecular formula is C31H39N5O2. The van der Waals surface area contributed by atoms with Crippen LogP contribution in [-0.4, -0.2) is 40.4 Å². The Morgan fingerprint density at radius 1 is 1.13 bits per heavy atom. The third-order valence-electron chi connectivity index (χ3n) is 7.71. The lowest BCUT2D eigenvalue weighted by Gasteiger charge is -2.18. The molecule has 0 saturated heterocycles. The highest BCUT2D eigenvalue weighted by molar-refractivity contribution is 5.79. The summed E-state index contributed by atoms with van der Waals surface area (Å²) in [4.78, 5) is 31.9. The van der Waals surface area contributed by atoms with Crippen molar-refractivity contribution in [2.24, 2.45) is 13.0 Å². The number of aromatic nitrogens is 2. The molecule has 0 radical (unpaired) electrons. The SMILES string of the molecule is C=C(c1ccc(CN2Cc3ccc(-c4ncc(N(C=O)CCC(=O)NC)n4C)cc3C2)cc1)C(CC)CC. The Hall–Kier alpha value is -3.71. The third-order valence-corrected chi connectivity index (χ3v) is 7.71. The Labute approximate surface area is 226 Å². The number of nitrogens with zero attached hydrogens (tertiary/aromatic N) is 4. The van der Waals surface area contributed by atoms with Gasteiger partial charge in [0, 0.05) is 52.3 Å². The lowest BCUT2D eigenvalue weighted by atomic mass is 9.89. The number of fused-ring (bicyclic) bond motifs is 1. The van der Waals surface area contributed by atoms with Gasteiger partial charge >= 0.3 is 0 Å². The van der Waals surface area contributed by atoms with Crippen LogP contribution >= 0.6 is 0 Å². The quantitative estimate of drug-likeness (QED) is 0.340. The molecule has 2 amide bonds. The number of imidazole rings is 1. The Kier molecular flexibility index (Phi) is 8.79. The fourth-order valence-corrected chi connectivity index (χ4v) is 5.32. The smallest absolute Gasteiger partial charge is 0.221 e. The molecule has 0 aliphatic carbocycles. The number of nitrogens with one attached hydrogen (secondary N) is 1. The molecule has 7 heteroatoms. The molecule has 38 heavy (non-hydrogen) atoms. The van der Waals surface area contributed by atoms with E-state index < -0.39 is 0 Å². The summed E-state index contributed by atoms with van der Waals surface area (Å²) in [5.41, 5.74) is 7.44. The molecule has 4 rings (SSSR count). The van der Waals surface area contributed by atoms with E-state index in [0.717, 1.165) is 50.3 Å².